The number of fused-ring (bicyclic) bond motifs is 1. The van der Waals surface area contributed by atoms with E-state index in [1.807, 2.05) is 30.3 Å². The van der Waals surface area contributed by atoms with Crippen LogP contribution in [0.5, 0.6) is 0 Å². The summed E-state index contributed by atoms with van der Waals surface area (Å²) in [5.41, 5.74) is 3.16. The summed E-state index contributed by atoms with van der Waals surface area (Å²) in [4.78, 5) is 24.7. The van der Waals surface area contributed by atoms with Gasteiger partial charge in [0.1, 0.15) is 0 Å². The molecule has 4 aromatic rings. The van der Waals surface area contributed by atoms with Crippen LogP contribution in [0.1, 0.15) is 55.2 Å². The summed E-state index contributed by atoms with van der Waals surface area (Å²) in [6.45, 7) is 7.78. The van der Waals surface area contributed by atoms with Crippen LogP contribution in [0, 0.1) is 0 Å². The van der Waals surface area contributed by atoms with Gasteiger partial charge in [-0.25, -0.2) is 13.4 Å². The lowest BCUT2D eigenvalue weighted by Crippen LogP contribution is -2.30. The van der Waals surface area contributed by atoms with Gasteiger partial charge in [0, 0.05) is 11.8 Å². The highest BCUT2D eigenvalue weighted by molar-refractivity contribution is 7.92. The summed E-state index contributed by atoms with van der Waals surface area (Å²) in [6.07, 6.45) is 1.69. The van der Waals surface area contributed by atoms with Crippen LogP contribution in [-0.2, 0) is 16.4 Å². The normalized spacial score (nSPS) is 11.9. The summed E-state index contributed by atoms with van der Waals surface area (Å²) >= 11 is 1.46. The Bertz CT molecular complexity index is 1410. The SMILES string of the molecule is CC(C)c1cccc2sc(N(Cc3ccccn3)C(=O)c3ccc(S(=O)(=O)C(C)C)cc3)nc12. The summed E-state index contributed by atoms with van der Waals surface area (Å²) < 4.78 is 26.0. The fourth-order valence-corrected chi connectivity index (χ4v) is 5.69. The largest absolute Gasteiger partial charge is 0.278 e. The van der Waals surface area contributed by atoms with Gasteiger partial charge >= 0.3 is 0 Å². The molecule has 0 unspecified atom stereocenters. The number of amides is 1. The zero-order valence-electron chi connectivity index (χ0n) is 19.6. The zero-order chi connectivity index (χ0) is 24.5. The summed E-state index contributed by atoms with van der Waals surface area (Å²) in [5.74, 6) is 0.0401. The van der Waals surface area contributed by atoms with E-state index >= 15 is 0 Å². The maximum absolute atomic E-state index is 13.7. The Morgan fingerprint density at radius 2 is 1.71 bits per heavy atom. The van der Waals surface area contributed by atoms with E-state index in [2.05, 4.69) is 24.9 Å². The van der Waals surface area contributed by atoms with Crippen molar-refractivity contribution in [3.05, 3.63) is 83.7 Å². The Balaban J connectivity index is 1.76. The third-order valence-electron chi connectivity index (χ3n) is 5.63. The highest BCUT2D eigenvalue weighted by atomic mass is 32.2. The fraction of sp³-hybridized carbons (Fsp3) is 0.269. The Morgan fingerprint density at radius 1 is 0.971 bits per heavy atom. The minimum Gasteiger partial charge on any atom is -0.278 e. The second-order valence-electron chi connectivity index (χ2n) is 8.68. The average molecular weight is 494 g/mol. The van der Waals surface area contributed by atoms with Crippen LogP contribution in [0.15, 0.2) is 71.8 Å². The van der Waals surface area contributed by atoms with E-state index < -0.39 is 15.1 Å². The van der Waals surface area contributed by atoms with Gasteiger partial charge in [0.2, 0.25) is 0 Å². The standard InChI is InChI=1S/C26H27N3O3S2/c1-17(2)22-9-7-10-23-24(22)28-26(33-23)29(16-20-8-5-6-15-27-20)25(30)19-11-13-21(14-12-19)34(31,32)18(3)4/h5-15,17-18H,16H2,1-4H3. The van der Waals surface area contributed by atoms with Crippen LogP contribution in [0.2, 0.25) is 0 Å². The van der Waals surface area contributed by atoms with Crippen molar-refractivity contribution in [1.29, 1.82) is 0 Å². The first kappa shape index (κ1) is 24.0. The van der Waals surface area contributed by atoms with Crippen molar-refractivity contribution in [2.75, 3.05) is 4.90 Å². The van der Waals surface area contributed by atoms with Gasteiger partial charge < -0.3 is 0 Å². The van der Waals surface area contributed by atoms with Crippen molar-refractivity contribution in [3.8, 4) is 0 Å². The highest BCUT2D eigenvalue weighted by Crippen LogP contribution is 2.34. The second kappa shape index (κ2) is 9.64. The van der Waals surface area contributed by atoms with Crippen LogP contribution >= 0.6 is 11.3 Å². The first-order valence-electron chi connectivity index (χ1n) is 11.1. The van der Waals surface area contributed by atoms with Crippen LogP contribution in [0.4, 0.5) is 5.13 Å². The van der Waals surface area contributed by atoms with E-state index in [-0.39, 0.29) is 17.3 Å². The molecule has 4 rings (SSSR count). The molecule has 8 heteroatoms. The van der Waals surface area contributed by atoms with E-state index in [4.69, 9.17) is 4.98 Å². The third-order valence-corrected chi connectivity index (χ3v) is 8.85. The number of hydrogen-bond donors (Lipinski definition) is 0. The van der Waals surface area contributed by atoms with E-state index in [0.717, 1.165) is 21.5 Å². The van der Waals surface area contributed by atoms with E-state index in [1.54, 1.807) is 37.1 Å². The number of pyridine rings is 1. The van der Waals surface area contributed by atoms with Gasteiger partial charge in [-0.2, -0.15) is 0 Å². The van der Waals surface area contributed by atoms with Crippen molar-refractivity contribution >= 4 is 42.4 Å². The van der Waals surface area contributed by atoms with E-state index in [0.29, 0.717) is 16.6 Å². The lowest BCUT2D eigenvalue weighted by molar-refractivity contribution is 0.0984. The van der Waals surface area contributed by atoms with E-state index in [1.165, 1.54) is 23.5 Å². The predicted octanol–water partition coefficient (Wildman–Crippen LogP) is 5.84. The molecule has 176 valence electrons. The first-order chi connectivity index (χ1) is 16.2. The number of benzene rings is 2. The highest BCUT2D eigenvalue weighted by Gasteiger charge is 2.25. The lowest BCUT2D eigenvalue weighted by Gasteiger charge is -2.20. The molecular weight excluding hydrogens is 466 g/mol. The number of para-hydroxylation sites is 1. The molecule has 1 amide bonds. The van der Waals surface area contributed by atoms with Gasteiger partial charge in [0.05, 0.1) is 32.6 Å². The molecule has 0 spiro atoms. The summed E-state index contributed by atoms with van der Waals surface area (Å²) in [6, 6.07) is 17.8. The minimum atomic E-state index is -3.42. The Kier molecular flexibility index (Phi) is 6.81. The second-order valence-corrected chi connectivity index (χ2v) is 12.2. The van der Waals surface area contributed by atoms with Gasteiger partial charge in [-0.15, -0.1) is 0 Å². The van der Waals surface area contributed by atoms with Crippen molar-refractivity contribution in [3.63, 3.8) is 0 Å². The lowest BCUT2D eigenvalue weighted by atomic mass is 10.0. The van der Waals surface area contributed by atoms with Crippen LogP contribution in [0.25, 0.3) is 10.2 Å². The van der Waals surface area contributed by atoms with Crippen molar-refractivity contribution in [2.45, 2.75) is 50.3 Å². The van der Waals surface area contributed by atoms with Gasteiger partial charge in [-0.05, 0) is 67.8 Å². The number of aromatic nitrogens is 2. The molecular formula is C26H27N3O3S2. The van der Waals surface area contributed by atoms with Gasteiger partial charge in [-0.3, -0.25) is 14.7 Å². The topological polar surface area (TPSA) is 80.2 Å². The average Bonchev–Trinajstić information content (AvgIpc) is 3.26. The maximum Gasteiger partial charge on any atom is 0.260 e. The number of thiazole rings is 1. The quantitative estimate of drug-likeness (QED) is 0.323. The molecule has 0 aliphatic carbocycles. The van der Waals surface area contributed by atoms with Crippen LogP contribution in [0.3, 0.4) is 0 Å². The smallest absolute Gasteiger partial charge is 0.260 e. The number of carbonyl (C=O) groups is 1. The van der Waals surface area contributed by atoms with Gasteiger partial charge in [0.15, 0.2) is 15.0 Å². The molecule has 2 aromatic carbocycles. The molecule has 0 saturated carbocycles. The van der Waals surface area contributed by atoms with E-state index in [9.17, 15) is 13.2 Å². The summed E-state index contributed by atoms with van der Waals surface area (Å²) in [5, 5.41) is 0.0465. The molecule has 0 bridgehead atoms. The molecule has 2 heterocycles. The zero-order valence-corrected chi connectivity index (χ0v) is 21.2. The third kappa shape index (κ3) is 4.74. The number of rotatable bonds is 7. The molecule has 2 aromatic heterocycles. The molecule has 0 atom stereocenters. The number of nitrogens with zero attached hydrogens (tertiary/aromatic N) is 3. The molecule has 0 aliphatic rings. The molecule has 6 nitrogen and oxygen atoms in total. The molecule has 0 N–H and O–H groups in total. The number of anilines is 1. The predicted molar refractivity (Wildman–Crippen MR) is 137 cm³/mol. The van der Waals surface area contributed by atoms with Crippen molar-refractivity contribution in [2.24, 2.45) is 0 Å². The number of hydrogen-bond acceptors (Lipinski definition) is 6. The summed E-state index contributed by atoms with van der Waals surface area (Å²) in [7, 11) is -3.42. The van der Waals surface area contributed by atoms with Gasteiger partial charge in [-0.1, -0.05) is 43.4 Å². The molecule has 34 heavy (non-hydrogen) atoms. The van der Waals surface area contributed by atoms with Crippen molar-refractivity contribution < 1.29 is 13.2 Å². The Morgan fingerprint density at radius 3 is 2.32 bits per heavy atom. The molecule has 0 radical (unpaired) electrons. The minimum absolute atomic E-state index is 0.205. The number of carbonyl (C=O) groups excluding carboxylic acids is 1. The van der Waals surface area contributed by atoms with Crippen molar-refractivity contribution in [1.82, 2.24) is 9.97 Å². The van der Waals surface area contributed by atoms with Crippen LogP contribution in [-0.4, -0.2) is 29.5 Å². The number of sulfone groups is 1. The Hall–Kier alpha value is -3.10. The first-order valence-corrected chi connectivity index (χ1v) is 13.5. The molecule has 0 saturated heterocycles. The Labute approximate surface area is 204 Å². The molecule has 0 aliphatic heterocycles. The van der Waals surface area contributed by atoms with Gasteiger partial charge in [0.25, 0.3) is 5.91 Å². The molecule has 0 fully saturated rings. The monoisotopic (exact) mass is 493 g/mol. The fourth-order valence-electron chi connectivity index (χ4n) is 3.63. The van der Waals surface area contributed by atoms with Crippen LogP contribution < -0.4 is 4.90 Å². The maximum atomic E-state index is 13.7.